The van der Waals surface area contributed by atoms with Gasteiger partial charge in [-0.3, -0.25) is 0 Å². The van der Waals surface area contributed by atoms with Gasteiger partial charge in [-0.2, -0.15) is 9.65 Å². The summed E-state index contributed by atoms with van der Waals surface area (Å²) in [7, 11) is 0. The number of hydrogen-bond acceptors (Lipinski definition) is 3. The number of nitrogens with zero attached hydrogens (tertiary/aromatic N) is 1. The summed E-state index contributed by atoms with van der Waals surface area (Å²) in [6.07, 6.45) is 0. The Morgan fingerprint density at radius 3 is 2.04 bits per heavy atom. The summed E-state index contributed by atoms with van der Waals surface area (Å²) >= 11 is 0. The van der Waals surface area contributed by atoms with Crippen molar-refractivity contribution in [1.82, 2.24) is 0 Å². The molecule has 3 nitrogen and oxygen atoms in total. The molecule has 0 heterocycles. The van der Waals surface area contributed by atoms with Crippen LogP contribution in [0.4, 0.5) is 8.78 Å². The van der Waals surface area contributed by atoms with Gasteiger partial charge in [0.05, 0.1) is 12.2 Å². The minimum Gasteiger partial charge on any atom is -0.494 e. The predicted molar refractivity (Wildman–Crippen MR) is 98.5 cm³/mol. The van der Waals surface area contributed by atoms with Gasteiger partial charge in [0.15, 0.2) is 11.6 Å². The van der Waals surface area contributed by atoms with Crippen LogP contribution in [0.5, 0.6) is 11.5 Å². The third-order valence-corrected chi connectivity index (χ3v) is 4.01. The van der Waals surface area contributed by atoms with E-state index in [1.54, 1.807) is 6.07 Å². The Balaban J connectivity index is 1.68. The molecular weight excluding hydrogens is 348 g/mol. The van der Waals surface area contributed by atoms with E-state index in [0.717, 1.165) is 22.4 Å². The van der Waals surface area contributed by atoms with Crippen LogP contribution in [0.1, 0.15) is 18.1 Å². The minimum absolute atomic E-state index is 0.0891. The van der Waals surface area contributed by atoms with Gasteiger partial charge < -0.3 is 9.47 Å². The van der Waals surface area contributed by atoms with E-state index in [9.17, 15) is 8.78 Å². The molecule has 0 atom stereocenters. The number of benzene rings is 3. The molecule has 0 fully saturated rings. The largest absolute Gasteiger partial charge is 0.494 e. The van der Waals surface area contributed by atoms with E-state index in [-0.39, 0.29) is 17.9 Å². The summed E-state index contributed by atoms with van der Waals surface area (Å²) < 4.78 is 38.3. The quantitative estimate of drug-likeness (QED) is 0.581. The van der Waals surface area contributed by atoms with Gasteiger partial charge >= 0.3 is 0 Å². The maximum Gasteiger partial charge on any atom is 0.202 e. The maximum atomic E-state index is 13.9. The summed E-state index contributed by atoms with van der Waals surface area (Å²) in [6.45, 7) is 2.65. The predicted octanol–water partition coefficient (Wildman–Crippen LogP) is 5.48. The molecule has 27 heavy (non-hydrogen) atoms. The molecule has 0 unspecified atom stereocenters. The minimum atomic E-state index is -1.19. The third kappa shape index (κ3) is 4.24. The zero-order valence-electron chi connectivity index (χ0n) is 14.7. The highest BCUT2D eigenvalue weighted by molar-refractivity contribution is 5.64. The summed E-state index contributed by atoms with van der Waals surface area (Å²) in [5.41, 5.74) is 2.54. The van der Waals surface area contributed by atoms with Gasteiger partial charge in [0, 0.05) is 0 Å². The highest BCUT2D eigenvalue weighted by atomic mass is 19.2. The lowest BCUT2D eigenvalue weighted by atomic mass is 10.0. The maximum absolute atomic E-state index is 13.9. The summed E-state index contributed by atoms with van der Waals surface area (Å²) in [4.78, 5) is 0. The highest BCUT2D eigenvalue weighted by Gasteiger charge is 2.14. The van der Waals surface area contributed by atoms with Gasteiger partial charge in [0.25, 0.3) is 0 Å². The molecule has 0 amide bonds. The van der Waals surface area contributed by atoms with Gasteiger partial charge in [0.1, 0.15) is 18.4 Å². The van der Waals surface area contributed by atoms with Crippen LogP contribution in [0.2, 0.25) is 0 Å². The average Bonchev–Trinajstić information content (AvgIpc) is 2.70. The second kappa shape index (κ2) is 8.33. The van der Waals surface area contributed by atoms with Crippen molar-refractivity contribution in [2.75, 3.05) is 6.61 Å². The molecular formula is C22H17F2NO2. The molecule has 3 aromatic carbocycles. The average molecular weight is 365 g/mol. The van der Waals surface area contributed by atoms with E-state index in [2.05, 4.69) is 0 Å². The second-order valence-electron chi connectivity index (χ2n) is 5.79. The van der Waals surface area contributed by atoms with E-state index in [1.165, 1.54) is 12.1 Å². The molecule has 0 radical (unpaired) electrons. The Kier molecular flexibility index (Phi) is 5.68. The van der Waals surface area contributed by atoms with Gasteiger partial charge in [-0.25, -0.2) is 4.39 Å². The SMILES string of the molecule is CCOc1ccc(-c2ccc(COc3ccc(C#N)c(F)c3F)cc2)cc1. The number of ether oxygens (including phenoxy) is 2. The Bertz CT molecular complexity index is 961. The zero-order chi connectivity index (χ0) is 19.2. The summed E-state index contributed by atoms with van der Waals surface area (Å²) in [5, 5.41) is 8.70. The topological polar surface area (TPSA) is 42.2 Å². The molecule has 3 aromatic rings. The van der Waals surface area contributed by atoms with Gasteiger partial charge in [-0.15, -0.1) is 0 Å². The molecule has 136 valence electrons. The summed E-state index contributed by atoms with van der Waals surface area (Å²) in [6, 6.07) is 19.4. The normalized spacial score (nSPS) is 10.3. The van der Waals surface area contributed by atoms with Gasteiger partial charge in [-0.05, 0) is 47.9 Å². The van der Waals surface area contributed by atoms with Gasteiger partial charge in [-0.1, -0.05) is 36.4 Å². The molecule has 0 saturated heterocycles. The van der Waals surface area contributed by atoms with Crippen molar-refractivity contribution in [2.45, 2.75) is 13.5 Å². The molecule has 0 aliphatic carbocycles. The second-order valence-corrected chi connectivity index (χ2v) is 5.79. The van der Waals surface area contributed by atoms with Crippen molar-refractivity contribution in [3.05, 3.63) is 83.4 Å². The van der Waals surface area contributed by atoms with Crippen molar-refractivity contribution in [3.63, 3.8) is 0 Å². The lowest BCUT2D eigenvalue weighted by Gasteiger charge is -2.09. The zero-order valence-corrected chi connectivity index (χ0v) is 14.7. The van der Waals surface area contributed by atoms with Crippen molar-refractivity contribution in [3.8, 4) is 28.7 Å². The third-order valence-electron chi connectivity index (χ3n) is 4.01. The van der Waals surface area contributed by atoms with E-state index < -0.39 is 11.6 Å². The first-order valence-corrected chi connectivity index (χ1v) is 8.45. The van der Waals surface area contributed by atoms with Crippen LogP contribution < -0.4 is 9.47 Å². The molecule has 5 heteroatoms. The molecule has 0 aliphatic heterocycles. The first kappa shape index (κ1) is 18.4. The molecule has 0 aromatic heterocycles. The first-order valence-electron chi connectivity index (χ1n) is 8.45. The molecule has 0 N–H and O–H groups in total. The van der Waals surface area contributed by atoms with Crippen LogP contribution in [0.15, 0.2) is 60.7 Å². The lowest BCUT2D eigenvalue weighted by Crippen LogP contribution is -2.00. The Hall–Kier alpha value is -3.39. The van der Waals surface area contributed by atoms with E-state index in [0.29, 0.717) is 6.61 Å². The number of nitriles is 1. The van der Waals surface area contributed by atoms with E-state index in [1.807, 2.05) is 55.5 Å². The molecule has 0 spiro atoms. The van der Waals surface area contributed by atoms with Crippen LogP contribution in [0.3, 0.4) is 0 Å². The number of rotatable bonds is 6. The Labute approximate surface area is 156 Å². The summed E-state index contributed by atoms with van der Waals surface area (Å²) in [5.74, 6) is -1.74. The Morgan fingerprint density at radius 2 is 1.44 bits per heavy atom. The van der Waals surface area contributed by atoms with Crippen LogP contribution in [-0.4, -0.2) is 6.61 Å². The molecule has 0 aliphatic rings. The van der Waals surface area contributed by atoms with Crippen molar-refractivity contribution < 1.29 is 18.3 Å². The number of hydrogen-bond donors (Lipinski definition) is 0. The van der Waals surface area contributed by atoms with E-state index in [4.69, 9.17) is 14.7 Å². The van der Waals surface area contributed by atoms with Crippen LogP contribution in [0.25, 0.3) is 11.1 Å². The van der Waals surface area contributed by atoms with Crippen LogP contribution >= 0.6 is 0 Å². The van der Waals surface area contributed by atoms with Crippen molar-refractivity contribution in [2.24, 2.45) is 0 Å². The van der Waals surface area contributed by atoms with Gasteiger partial charge in [0.2, 0.25) is 5.82 Å². The van der Waals surface area contributed by atoms with Crippen LogP contribution in [0, 0.1) is 23.0 Å². The number of halogens is 2. The molecule has 0 bridgehead atoms. The fourth-order valence-electron chi connectivity index (χ4n) is 2.59. The smallest absolute Gasteiger partial charge is 0.202 e. The highest BCUT2D eigenvalue weighted by Crippen LogP contribution is 2.25. The van der Waals surface area contributed by atoms with E-state index >= 15 is 0 Å². The van der Waals surface area contributed by atoms with Crippen molar-refractivity contribution >= 4 is 0 Å². The first-order chi connectivity index (χ1) is 13.1. The fraction of sp³-hybridized carbons (Fsp3) is 0.136. The standard InChI is InChI=1S/C22H17F2NO2/c1-2-26-19-10-7-17(8-11-19)16-5-3-15(4-6-16)14-27-20-12-9-18(13-25)21(23)22(20)24/h3-12H,2,14H2,1H3. The van der Waals surface area contributed by atoms with Crippen LogP contribution in [-0.2, 0) is 6.61 Å². The monoisotopic (exact) mass is 365 g/mol. The molecule has 3 rings (SSSR count). The lowest BCUT2D eigenvalue weighted by molar-refractivity contribution is 0.284. The fourth-order valence-corrected chi connectivity index (χ4v) is 2.59. The van der Waals surface area contributed by atoms with Crippen molar-refractivity contribution in [1.29, 1.82) is 5.26 Å². The Morgan fingerprint density at radius 1 is 0.815 bits per heavy atom. The molecule has 0 saturated carbocycles.